The van der Waals surface area contributed by atoms with Crippen LogP contribution in [-0.4, -0.2) is 27.5 Å². The normalized spacial score (nSPS) is 10.8. The molecular weight excluding hydrogens is 346 g/mol. The summed E-state index contributed by atoms with van der Waals surface area (Å²) in [7, 11) is 0. The lowest BCUT2D eigenvalue weighted by Gasteiger charge is -2.15. The molecule has 4 N–H and O–H groups in total. The third-order valence-corrected chi connectivity index (χ3v) is 3.74. The number of halogens is 1. The van der Waals surface area contributed by atoms with Crippen molar-refractivity contribution >= 4 is 29.5 Å². The van der Waals surface area contributed by atoms with E-state index in [0.717, 1.165) is 11.1 Å². The minimum absolute atomic E-state index is 0.0342. The van der Waals surface area contributed by atoms with Gasteiger partial charge in [0, 0.05) is 5.02 Å². The van der Waals surface area contributed by atoms with Crippen molar-refractivity contribution in [1.82, 2.24) is 15.0 Å². The molecule has 0 aliphatic rings. The maximum Gasteiger partial charge on any atom is 0.344 e. The molecule has 1 heterocycles. The summed E-state index contributed by atoms with van der Waals surface area (Å²) in [5.74, 6) is 0.326. The van der Waals surface area contributed by atoms with Crippen LogP contribution in [0.5, 0.6) is 5.75 Å². The van der Waals surface area contributed by atoms with E-state index in [0.29, 0.717) is 10.8 Å². The van der Waals surface area contributed by atoms with Crippen LogP contribution in [0.2, 0.25) is 5.02 Å². The third kappa shape index (κ3) is 5.18. The number of aryl methyl sites for hydroxylation is 1. The molecule has 0 atom stereocenters. The molecule has 0 fully saturated rings. The van der Waals surface area contributed by atoms with Crippen LogP contribution in [0.15, 0.2) is 12.1 Å². The van der Waals surface area contributed by atoms with Gasteiger partial charge in [-0.25, -0.2) is 4.79 Å². The number of carbonyl (C=O) groups is 1. The van der Waals surface area contributed by atoms with Gasteiger partial charge in [-0.2, -0.15) is 15.0 Å². The Morgan fingerprint density at radius 1 is 1.20 bits per heavy atom. The van der Waals surface area contributed by atoms with Gasteiger partial charge in [-0.15, -0.1) is 0 Å². The molecule has 0 aliphatic heterocycles. The van der Waals surface area contributed by atoms with E-state index in [1.165, 1.54) is 0 Å². The topological polar surface area (TPSA) is 126 Å². The maximum absolute atomic E-state index is 11.9. The standard InChI is InChI=1S/C16H20ClN5O3/c1-8(2)10-5-11(17)9(3)4-12(10)24-7-14(23)25-6-13-20-15(18)22-16(19)21-13/h4-5,8H,6-7H2,1-3H3,(H4,18,19,20,21,22). The first-order chi connectivity index (χ1) is 11.8. The van der Waals surface area contributed by atoms with Gasteiger partial charge in [0.2, 0.25) is 11.9 Å². The number of benzene rings is 1. The van der Waals surface area contributed by atoms with Gasteiger partial charge in [0.25, 0.3) is 0 Å². The molecule has 0 aliphatic carbocycles. The number of nitrogens with zero attached hydrogens (tertiary/aromatic N) is 3. The Morgan fingerprint density at radius 2 is 1.84 bits per heavy atom. The fourth-order valence-electron chi connectivity index (χ4n) is 2.09. The van der Waals surface area contributed by atoms with Crippen molar-refractivity contribution in [3.8, 4) is 5.75 Å². The van der Waals surface area contributed by atoms with Gasteiger partial charge in [-0.3, -0.25) is 0 Å². The molecule has 0 saturated carbocycles. The van der Waals surface area contributed by atoms with Crippen LogP contribution >= 0.6 is 11.6 Å². The van der Waals surface area contributed by atoms with Crippen LogP contribution < -0.4 is 16.2 Å². The number of rotatable bonds is 6. The Balaban J connectivity index is 1.97. The van der Waals surface area contributed by atoms with Crippen LogP contribution in [0, 0.1) is 6.92 Å². The minimum atomic E-state index is -0.570. The summed E-state index contributed by atoms with van der Waals surface area (Å²) in [6.45, 7) is 5.48. The third-order valence-electron chi connectivity index (χ3n) is 3.34. The average Bonchev–Trinajstić information content (AvgIpc) is 2.52. The van der Waals surface area contributed by atoms with Gasteiger partial charge in [0.05, 0.1) is 0 Å². The number of nitrogens with two attached hydrogens (primary N) is 2. The minimum Gasteiger partial charge on any atom is -0.482 e. The van der Waals surface area contributed by atoms with Crippen LogP contribution in [0.25, 0.3) is 0 Å². The molecule has 0 amide bonds. The molecule has 0 unspecified atom stereocenters. The summed E-state index contributed by atoms with van der Waals surface area (Å²) < 4.78 is 10.7. The summed E-state index contributed by atoms with van der Waals surface area (Å²) in [4.78, 5) is 23.2. The van der Waals surface area contributed by atoms with Crippen LogP contribution in [0.1, 0.15) is 36.7 Å². The molecule has 0 saturated heterocycles. The lowest BCUT2D eigenvalue weighted by molar-refractivity contribution is -0.147. The Bertz CT molecular complexity index is 762. The molecule has 8 nitrogen and oxygen atoms in total. The average molecular weight is 366 g/mol. The Kier molecular flexibility index (Phi) is 5.97. The largest absolute Gasteiger partial charge is 0.482 e. The van der Waals surface area contributed by atoms with Crippen LogP contribution in [0.3, 0.4) is 0 Å². The Hall–Kier alpha value is -2.61. The number of hydrogen-bond acceptors (Lipinski definition) is 8. The fraction of sp³-hybridized carbons (Fsp3) is 0.375. The number of aromatic nitrogens is 3. The van der Waals surface area contributed by atoms with E-state index in [-0.39, 0.29) is 36.9 Å². The van der Waals surface area contributed by atoms with Crippen molar-refractivity contribution in [3.63, 3.8) is 0 Å². The Labute approximate surface area is 150 Å². The first-order valence-corrected chi connectivity index (χ1v) is 7.98. The number of carbonyl (C=O) groups excluding carboxylic acids is 1. The molecule has 0 bridgehead atoms. The zero-order valence-electron chi connectivity index (χ0n) is 14.2. The van der Waals surface area contributed by atoms with Crippen molar-refractivity contribution < 1.29 is 14.3 Å². The van der Waals surface area contributed by atoms with Crippen LogP contribution in [-0.2, 0) is 16.1 Å². The summed E-state index contributed by atoms with van der Waals surface area (Å²) in [6, 6.07) is 3.65. The molecule has 0 radical (unpaired) electrons. The van der Waals surface area contributed by atoms with Gasteiger partial charge in [0.15, 0.2) is 19.0 Å². The predicted octanol–water partition coefficient (Wildman–Crippen LogP) is 2.24. The zero-order valence-corrected chi connectivity index (χ0v) is 15.0. The lowest BCUT2D eigenvalue weighted by atomic mass is 10.0. The van der Waals surface area contributed by atoms with Crippen molar-refractivity contribution in [2.24, 2.45) is 0 Å². The summed E-state index contributed by atoms with van der Waals surface area (Å²) in [6.07, 6.45) is 0. The smallest absolute Gasteiger partial charge is 0.344 e. The first kappa shape index (κ1) is 18.7. The van der Waals surface area contributed by atoms with E-state index in [4.69, 9.17) is 32.5 Å². The van der Waals surface area contributed by atoms with Gasteiger partial charge in [0.1, 0.15) is 5.75 Å². The Morgan fingerprint density at radius 3 is 2.44 bits per heavy atom. The maximum atomic E-state index is 11.9. The highest BCUT2D eigenvalue weighted by Crippen LogP contribution is 2.31. The highest BCUT2D eigenvalue weighted by Gasteiger charge is 2.14. The molecule has 2 aromatic rings. The second kappa shape index (κ2) is 7.98. The van der Waals surface area contributed by atoms with E-state index in [1.807, 2.05) is 26.8 Å². The van der Waals surface area contributed by atoms with Gasteiger partial charge in [-0.1, -0.05) is 25.4 Å². The summed E-state index contributed by atoms with van der Waals surface area (Å²) >= 11 is 6.15. The monoisotopic (exact) mass is 365 g/mol. The summed E-state index contributed by atoms with van der Waals surface area (Å²) in [5.41, 5.74) is 12.7. The number of ether oxygens (including phenoxy) is 2. The van der Waals surface area contributed by atoms with E-state index in [9.17, 15) is 4.79 Å². The number of esters is 1. The SMILES string of the molecule is Cc1cc(OCC(=O)OCc2nc(N)nc(N)n2)c(C(C)C)cc1Cl. The van der Waals surface area contributed by atoms with Crippen LogP contribution in [0.4, 0.5) is 11.9 Å². The highest BCUT2D eigenvalue weighted by atomic mass is 35.5. The zero-order chi connectivity index (χ0) is 18.6. The van der Waals surface area contributed by atoms with Gasteiger partial charge >= 0.3 is 5.97 Å². The van der Waals surface area contributed by atoms with E-state index in [1.54, 1.807) is 6.07 Å². The second-order valence-electron chi connectivity index (χ2n) is 5.71. The molecule has 9 heteroatoms. The fourth-order valence-corrected chi connectivity index (χ4v) is 2.26. The first-order valence-electron chi connectivity index (χ1n) is 7.60. The number of hydrogen-bond donors (Lipinski definition) is 2. The van der Waals surface area contributed by atoms with Gasteiger partial charge < -0.3 is 20.9 Å². The van der Waals surface area contributed by atoms with Crippen molar-refractivity contribution in [1.29, 1.82) is 0 Å². The molecule has 2 rings (SSSR count). The molecule has 25 heavy (non-hydrogen) atoms. The molecule has 1 aromatic heterocycles. The predicted molar refractivity (Wildman–Crippen MR) is 94.2 cm³/mol. The van der Waals surface area contributed by atoms with E-state index < -0.39 is 5.97 Å². The second-order valence-corrected chi connectivity index (χ2v) is 6.12. The molecule has 134 valence electrons. The highest BCUT2D eigenvalue weighted by molar-refractivity contribution is 6.31. The van der Waals surface area contributed by atoms with Crippen molar-refractivity contribution in [3.05, 3.63) is 34.1 Å². The van der Waals surface area contributed by atoms with E-state index >= 15 is 0 Å². The molecule has 1 aromatic carbocycles. The quantitative estimate of drug-likeness (QED) is 0.746. The molecular formula is C16H20ClN5O3. The number of nitrogen functional groups attached to an aromatic ring is 2. The number of anilines is 2. The van der Waals surface area contributed by atoms with Crippen molar-refractivity contribution in [2.45, 2.75) is 33.3 Å². The van der Waals surface area contributed by atoms with Crippen molar-refractivity contribution in [2.75, 3.05) is 18.1 Å². The molecule has 0 spiro atoms. The van der Waals surface area contributed by atoms with Gasteiger partial charge in [-0.05, 0) is 36.1 Å². The van der Waals surface area contributed by atoms with E-state index in [2.05, 4.69) is 15.0 Å². The lowest BCUT2D eigenvalue weighted by Crippen LogP contribution is -2.17. The summed E-state index contributed by atoms with van der Waals surface area (Å²) in [5, 5.41) is 0.656.